The van der Waals surface area contributed by atoms with E-state index in [9.17, 15) is 14.4 Å². The summed E-state index contributed by atoms with van der Waals surface area (Å²) in [7, 11) is 0. The van der Waals surface area contributed by atoms with Crippen molar-refractivity contribution >= 4 is 18.0 Å². The number of carbonyl (C=O) groups is 3. The number of ether oxygens (including phenoxy) is 2. The van der Waals surface area contributed by atoms with Gasteiger partial charge in [0.05, 0.1) is 25.0 Å². The van der Waals surface area contributed by atoms with Gasteiger partial charge in [0.25, 0.3) is 0 Å². The SMILES string of the molecule is C[C@H](CC(=O)O)NC(=O)[C@@H]1CO[C@H](CNC(=O)OCC2c3ccccc3-c3ccccc32)C1. The molecule has 8 heteroatoms. The van der Waals surface area contributed by atoms with Gasteiger partial charge in [-0.1, -0.05) is 48.5 Å². The number of hydrogen-bond acceptors (Lipinski definition) is 5. The summed E-state index contributed by atoms with van der Waals surface area (Å²) in [6.45, 7) is 2.36. The molecule has 0 saturated carbocycles. The van der Waals surface area contributed by atoms with Gasteiger partial charge in [-0.05, 0) is 35.6 Å². The van der Waals surface area contributed by atoms with Crippen molar-refractivity contribution in [1.82, 2.24) is 10.6 Å². The van der Waals surface area contributed by atoms with Crippen LogP contribution >= 0.6 is 0 Å². The molecule has 4 rings (SSSR count). The molecule has 174 valence electrons. The molecule has 0 bridgehead atoms. The van der Waals surface area contributed by atoms with E-state index < -0.39 is 18.1 Å². The normalized spacial score (nSPS) is 19.9. The van der Waals surface area contributed by atoms with E-state index in [1.807, 2.05) is 24.3 Å². The van der Waals surface area contributed by atoms with Crippen LogP contribution in [0.2, 0.25) is 0 Å². The number of amides is 2. The Morgan fingerprint density at radius 2 is 1.73 bits per heavy atom. The van der Waals surface area contributed by atoms with Gasteiger partial charge in [-0.2, -0.15) is 0 Å². The summed E-state index contributed by atoms with van der Waals surface area (Å²) < 4.78 is 11.1. The Bertz CT molecular complexity index is 994. The first-order valence-electron chi connectivity index (χ1n) is 11.1. The lowest BCUT2D eigenvalue weighted by molar-refractivity contribution is -0.137. The first kappa shape index (κ1) is 22.8. The van der Waals surface area contributed by atoms with E-state index >= 15 is 0 Å². The molecule has 1 aliphatic heterocycles. The van der Waals surface area contributed by atoms with E-state index in [0.29, 0.717) is 6.42 Å². The van der Waals surface area contributed by atoms with Gasteiger partial charge in [0.1, 0.15) is 6.61 Å². The van der Waals surface area contributed by atoms with E-state index in [0.717, 1.165) is 11.1 Å². The Morgan fingerprint density at radius 3 is 2.36 bits per heavy atom. The van der Waals surface area contributed by atoms with Crippen LogP contribution in [0.4, 0.5) is 4.79 Å². The number of rotatable bonds is 8. The molecule has 0 aromatic heterocycles. The zero-order valence-corrected chi connectivity index (χ0v) is 18.5. The van der Waals surface area contributed by atoms with Crippen molar-refractivity contribution in [2.45, 2.75) is 37.8 Å². The first-order chi connectivity index (χ1) is 15.9. The molecule has 2 aromatic rings. The van der Waals surface area contributed by atoms with Crippen molar-refractivity contribution in [3.8, 4) is 11.1 Å². The number of fused-ring (bicyclic) bond motifs is 3. The van der Waals surface area contributed by atoms with Crippen molar-refractivity contribution in [3.63, 3.8) is 0 Å². The Balaban J connectivity index is 1.23. The molecular weight excluding hydrogens is 424 g/mol. The molecule has 0 unspecified atom stereocenters. The van der Waals surface area contributed by atoms with E-state index in [2.05, 4.69) is 34.9 Å². The van der Waals surface area contributed by atoms with Crippen molar-refractivity contribution in [3.05, 3.63) is 59.7 Å². The fraction of sp³-hybridized carbons (Fsp3) is 0.400. The number of hydrogen-bond donors (Lipinski definition) is 3. The summed E-state index contributed by atoms with van der Waals surface area (Å²) in [5.74, 6) is -1.56. The zero-order valence-electron chi connectivity index (χ0n) is 18.5. The quantitative estimate of drug-likeness (QED) is 0.568. The molecule has 8 nitrogen and oxygen atoms in total. The number of alkyl carbamates (subject to hydrolysis) is 1. The van der Waals surface area contributed by atoms with Crippen LogP contribution in [0.15, 0.2) is 48.5 Å². The van der Waals surface area contributed by atoms with Crippen LogP contribution in [0.3, 0.4) is 0 Å². The molecule has 1 aliphatic carbocycles. The zero-order chi connectivity index (χ0) is 23.4. The van der Waals surface area contributed by atoms with E-state index in [-0.39, 0.29) is 50.0 Å². The van der Waals surface area contributed by atoms with E-state index in [1.165, 1.54) is 11.1 Å². The molecule has 0 spiro atoms. The van der Waals surface area contributed by atoms with Crippen LogP contribution in [-0.4, -0.2) is 55.0 Å². The third-order valence-corrected chi connectivity index (χ3v) is 6.14. The molecule has 0 radical (unpaired) electrons. The first-order valence-corrected chi connectivity index (χ1v) is 11.1. The lowest BCUT2D eigenvalue weighted by atomic mass is 9.98. The Hall–Kier alpha value is -3.39. The molecular formula is C25H28N2O6. The minimum absolute atomic E-state index is 0.00764. The van der Waals surface area contributed by atoms with Gasteiger partial charge < -0.3 is 25.2 Å². The Morgan fingerprint density at radius 1 is 1.09 bits per heavy atom. The lowest BCUT2D eigenvalue weighted by Gasteiger charge is -2.16. The van der Waals surface area contributed by atoms with Gasteiger partial charge in [0.2, 0.25) is 5.91 Å². The number of carboxylic acids is 1. The second kappa shape index (κ2) is 10.0. The molecule has 33 heavy (non-hydrogen) atoms. The van der Waals surface area contributed by atoms with Crippen molar-refractivity contribution in [2.24, 2.45) is 5.92 Å². The molecule has 1 fully saturated rings. The van der Waals surface area contributed by atoms with Crippen molar-refractivity contribution in [2.75, 3.05) is 19.8 Å². The summed E-state index contributed by atoms with van der Waals surface area (Å²) in [6.07, 6.45) is -0.499. The highest BCUT2D eigenvalue weighted by molar-refractivity contribution is 5.80. The van der Waals surface area contributed by atoms with Crippen molar-refractivity contribution in [1.29, 1.82) is 0 Å². The summed E-state index contributed by atoms with van der Waals surface area (Å²) in [5, 5.41) is 14.2. The van der Waals surface area contributed by atoms with Crippen LogP contribution < -0.4 is 10.6 Å². The number of aliphatic carboxylic acids is 1. The van der Waals surface area contributed by atoms with Crippen LogP contribution in [0.25, 0.3) is 11.1 Å². The van der Waals surface area contributed by atoms with Crippen LogP contribution in [0.1, 0.15) is 36.8 Å². The molecule has 3 atom stereocenters. The van der Waals surface area contributed by atoms with Crippen LogP contribution in [-0.2, 0) is 19.1 Å². The summed E-state index contributed by atoms with van der Waals surface area (Å²) >= 11 is 0. The second-order valence-corrected chi connectivity index (χ2v) is 8.60. The summed E-state index contributed by atoms with van der Waals surface area (Å²) in [4.78, 5) is 35.3. The van der Waals surface area contributed by atoms with Gasteiger partial charge in [0, 0.05) is 18.5 Å². The highest BCUT2D eigenvalue weighted by Crippen LogP contribution is 2.44. The maximum absolute atomic E-state index is 12.3. The molecule has 1 heterocycles. The fourth-order valence-corrected chi connectivity index (χ4v) is 4.55. The van der Waals surface area contributed by atoms with Gasteiger partial charge in [-0.15, -0.1) is 0 Å². The Kier molecular flexibility index (Phi) is 6.93. The number of carboxylic acid groups (broad SMARTS) is 1. The maximum Gasteiger partial charge on any atom is 0.407 e. The van der Waals surface area contributed by atoms with Crippen molar-refractivity contribution < 1.29 is 29.0 Å². The van der Waals surface area contributed by atoms with E-state index in [1.54, 1.807) is 6.92 Å². The molecule has 2 amide bonds. The predicted molar refractivity (Wildman–Crippen MR) is 121 cm³/mol. The maximum atomic E-state index is 12.3. The number of benzene rings is 2. The van der Waals surface area contributed by atoms with Gasteiger partial charge in [-0.25, -0.2) is 4.79 Å². The summed E-state index contributed by atoms with van der Waals surface area (Å²) in [6, 6.07) is 15.8. The smallest absolute Gasteiger partial charge is 0.407 e. The lowest BCUT2D eigenvalue weighted by Crippen LogP contribution is -2.39. The fourth-order valence-electron chi connectivity index (χ4n) is 4.55. The third-order valence-electron chi connectivity index (χ3n) is 6.14. The third kappa shape index (κ3) is 5.34. The number of nitrogens with one attached hydrogen (secondary N) is 2. The summed E-state index contributed by atoms with van der Waals surface area (Å²) in [5.41, 5.74) is 4.64. The molecule has 1 saturated heterocycles. The minimum atomic E-state index is -0.962. The largest absolute Gasteiger partial charge is 0.481 e. The molecule has 3 N–H and O–H groups in total. The van der Waals surface area contributed by atoms with Crippen LogP contribution in [0, 0.1) is 5.92 Å². The highest BCUT2D eigenvalue weighted by atomic mass is 16.5. The van der Waals surface area contributed by atoms with Gasteiger partial charge >= 0.3 is 12.1 Å². The monoisotopic (exact) mass is 452 g/mol. The predicted octanol–water partition coefficient (Wildman–Crippen LogP) is 2.91. The van der Waals surface area contributed by atoms with E-state index in [4.69, 9.17) is 14.6 Å². The highest BCUT2D eigenvalue weighted by Gasteiger charge is 2.32. The Labute approximate surface area is 192 Å². The van der Waals surface area contributed by atoms with Gasteiger partial charge in [0.15, 0.2) is 0 Å². The number of carbonyl (C=O) groups excluding carboxylic acids is 2. The molecule has 2 aliphatic rings. The second-order valence-electron chi connectivity index (χ2n) is 8.60. The average molecular weight is 453 g/mol. The van der Waals surface area contributed by atoms with Crippen LogP contribution in [0.5, 0.6) is 0 Å². The standard InChI is InChI=1S/C25H28N2O6/c1-15(10-23(28)29)27-24(30)16-11-17(32-13-16)12-26-25(31)33-14-22-20-8-4-2-6-18(20)19-7-3-5-9-21(19)22/h2-9,15-17,22H,10-14H2,1H3,(H,26,31)(H,27,30)(H,28,29)/t15-,16+,17+/m1/s1. The van der Waals surface area contributed by atoms with Gasteiger partial charge in [-0.3, -0.25) is 9.59 Å². The minimum Gasteiger partial charge on any atom is -0.481 e. The molecule has 2 aromatic carbocycles. The topological polar surface area (TPSA) is 114 Å². The average Bonchev–Trinajstić information content (AvgIpc) is 3.39.